The molecule has 4 aromatic rings. The largest absolute Gasteiger partial charge is 0.573 e. The second kappa shape index (κ2) is 12.2. The van der Waals surface area contributed by atoms with Crippen LogP contribution in [0.1, 0.15) is 53.0 Å². The maximum atomic E-state index is 14.4. The molecule has 1 saturated carbocycles. The third kappa shape index (κ3) is 5.91. The zero-order valence-corrected chi connectivity index (χ0v) is 27.4. The van der Waals surface area contributed by atoms with Crippen molar-refractivity contribution in [2.75, 3.05) is 4.90 Å². The van der Waals surface area contributed by atoms with E-state index >= 15 is 0 Å². The Hall–Kier alpha value is -5.22. The van der Waals surface area contributed by atoms with Crippen LogP contribution in [0.25, 0.3) is 0 Å². The Morgan fingerprint density at radius 1 is 1.06 bits per heavy atom. The second-order valence-corrected chi connectivity index (χ2v) is 13.1. The molecule has 12 nitrogen and oxygen atoms in total. The Morgan fingerprint density at radius 2 is 1.78 bits per heavy atom. The van der Waals surface area contributed by atoms with E-state index in [-0.39, 0.29) is 35.7 Å². The molecule has 3 aliphatic rings. The van der Waals surface area contributed by atoms with Crippen molar-refractivity contribution < 1.29 is 46.6 Å². The van der Waals surface area contributed by atoms with Crippen LogP contribution in [0, 0.1) is 5.82 Å². The van der Waals surface area contributed by atoms with Gasteiger partial charge in [-0.2, -0.15) is 0 Å². The highest BCUT2D eigenvalue weighted by Crippen LogP contribution is 2.54. The number of pyridine rings is 1. The van der Waals surface area contributed by atoms with Crippen LogP contribution in [-0.2, 0) is 31.9 Å². The number of halogens is 6. The number of aromatic nitrogens is 3. The van der Waals surface area contributed by atoms with E-state index in [1.807, 2.05) is 0 Å². The minimum atomic E-state index is -5.05. The number of carbonyl (C=O) groups excluding carboxylic acids is 3. The molecular formula is C33H24Cl2F4N6O6. The molecule has 0 bridgehead atoms. The molecule has 1 spiro atoms. The maximum Gasteiger partial charge on any atom is 0.573 e. The fraction of sp³-hybridized carbons (Fsp3) is 0.273. The predicted molar refractivity (Wildman–Crippen MR) is 171 cm³/mol. The topological polar surface area (TPSA) is 156 Å². The van der Waals surface area contributed by atoms with Gasteiger partial charge in [0.2, 0.25) is 11.9 Å². The van der Waals surface area contributed by atoms with E-state index < -0.39 is 75.2 Å². The summed E-state index contributed by atoms with van der Waals surface area (Å²) in [5.74, 6) is -5.40. The first kappa shape index (κ1) is 34.2. The summed E-state index contributed by atoms with van der Waals surface area (Å²) >= 11 is 12.1. The van der Waals surface area contributed by atoms with E-state index in [4.69, 9.17) is 23.2 Å². The van der Waals surface area contributed by atoms with Gasteiger partial charge in [-0.3, -0.25) is 28.7 Å². The smallest absolute Gasteiger partial charge is 0.481 e. The molecule has 0 unspecified atom stereocenters. The van der Waals surface area contributed by atoms with Gasteiger partial charge in [-0.15, -0.1) is 13.2 Å². The number of hydrogen-bond donors (Lipinski definition) is 3. The first-order valence-electron chi connectivity index (χ1n) is 15.4. The Morgan fingerprint density at radius 3 is 2.41 bits per heavy atom. The lowest BCUT2D eigenvalue weighted by molar-refractivity contribution is -0.274. The average molecular weight is 747 g/mol. The highest BCUT2D eigenvalue weighted by molar-refractivity contribution is 6.35. The number of imidazole rings is 1. The van der Waals surface area contributed by atoms with Crippen LogP contribution in [0.2, 0.25) is 10.0 Å². The summed E-state index contributed by atoms with van der Waals surface area (Å²) in [4.78, 5) is 63.2. The summed E-state index contributed by atoms with van der Waals surface area (Å²) in [5.41, 5.74) is -1.86. The Bertz CT molecular complexity index is 2100. The van der Waals surface area contributed by atoms with Crippen molar-refractivity contribution >= 4 is 58.5 Å². The Balaban J connectivity index is 1.28. The molecule has 2 aromatic heterocycles. The van der Waals surface area contributed by atoms with Crippen molar-refractivity contribution in [1.82, 2.24) is 25.2 Å². The molecule has 7 rings (SSSR count). The number of aliphatic carboxylic acids is 1. The maximum absolute atomic E-state index is 14.4. The van der Waals surface area contributed by atoms with Crippen molar-refractivity contribution in [2.24, 2.45) is 0 Å². The number of nitrogens with zero attached hydrogens (tertiary/aromatic N) is 4. The summed E-state index contributed by atoms with van der Waals surface area (Å²) in [5, 5.41) is 14.0. The molecule has 264 valence electrons. The lowest BCUT2D eigenvalue weighted by Crippen LogP contribution is -2.53. The summed E-state index contributed by atoms with van der Waals surface area (Å²) in [6.45, 7) is 0. The number of carboxylic acids is 1. The van der Waals surface area contributed by atoms with Crippen molar-refractivity contribution in [1.29, 1.82) is 0 Å². The van der Waals surface area contributed by atoms with Crippen LogP contribution < -0.4 is 20.3 Å². The minimum absolute atomic E-state index is 0.0498. The molecule has 51 heavy (non-hydrogen) atoms. The third-order valence-corrected chi connectivity index (χ3v) is 9.63. The summed E-state index contributed by atoms with van der Waals surface area (Å²) in [6, 6.07) is 9.49. The SMILES string of the molecule is O=C(O)CC[C@H](NC(=O)c1cnc2n1[C@]1(Cc3ccc(OC(F)(F)F)cc31)C(=O)N2c1cc(Cl)c(F)c(Cl)c1)C(=O)NC1(c2ccccn2)CC1. The number of amides is 3. The van der Waals surface area contributed by atoms with Gasteiger partial charge in [0, 0.05) is 19.0 Å². The molecule has 0 saturated heterocycles. The van der Waals surface area contributed by atoms with Crippen LogP contribution >= 0.6 is 23.2 Å². The molecule has 3 N–H and O–H groups in total. The van der Waals surface area contributed by atoms with Crippen LogP contribution in [-0.4, -0.2) is 55.7 Å². The van der Waals surface area contributed by atoms with Crippen molar-refractivity contribution in [3.63, 3.8) is 0 Å². The van der Waals surface area contributed by atoms with Gasteiger partial charge in [0.25, 0.3) is 11.8 Å². The first-order valence-corrected chi connectivity index (χ1v) is 16.1. The fourth-order valence-electron chi connectivity index (χ4n) is 6.57. The summed E-state index contributed by atoms with van der Waals surface area (Å²) in [6.07, 6.45) is -2.18. The number of carboxylic acid groups (broad SMARTS) is 1. The number of benzene rings is 2. The number of carbonyl (C=O) groups is 4. The van der Waals surface area contributed by atoms with Gasteiger partial charge in [-0.1, -0.05) is 35.3 Å². The highest BCUT2D eigenvalue weighted by atomic mass is 35.5. The molecule has 3 amide bonds. The summed E-state index contributed by atoms with van der Waals surface area (Å²) in [7, 11) is 0. The third-order valence-electron chi connectivity index (χ3n) is 9.08. The lowest BCUT2D eigenvalue weighted by atomic mass is 9.69. The quantitative estimate of drug-likeness (QED) is 0.145. The minimum Gasteiger partial charge on any atom is -0.481 e. The van der Waals surface area contributed by atoms with Crippen LogP contribution in [0.15, 0.2) is 60.9 Å². The van der Waals surface area contributed by atoms with E-state index in [0.717, 1.165) is 35.4 Å². The van der Waals surface area contributed by atoms with E-state index in [1.165, 1.54) is 10.6 Å². The molecule has 1 aliphatic heterocycles. The zero-order valence-electron chi connectivity index (χ0n) is 25.9. The summed E-state index contributed by atoms with van der Waals surface area (Å²) < 4.78 is 59.3. The van der Waals surface area contributed by atoms with E-state index in [2.05, 4.69) is 25.3 Å². The molecule has 2 aliphatic carbocycles. The molecule has 2 atom stereocenters. The lowest BCUT2D eigenvalue weighted by Gasteiger charge is -2.41. The number of rotatable bonds is 10. The van der Waals surface area contributed by atoms with Crippen molar-refractivity contribution in [3.05, 3.63) is 99.3 Å². The van der Waals surface area contributed by atoms with Crippen LogP contribution in [0.5, 0.6) is 5.75 Å². The van der Waals surface area contributed by atoms with E-state index in [9.17, 15) is 41.8 Å². The zero-order chi connectivity index (χ0) is 36.5. The van der Waals surface area contributed by atoms with Crippen LogP contribution in [0.4, 0.5) is 29.2 Å². The second-order valence-electron chi connectivity index (χ2n) is 12.3. The van der Waals surface area contributed by atoms with Crippen molar-refractivity contribution in [3.8, 4) is 5.75 Å². The molecule has 2 aromatic carbocycles. The fourth-order valence-corrected chi connectivity index (χ4v) is 7.04. The van der Waals surface area contributed by atoms with Gasteiger partial charge in [0.15, 0.2) is 11.4 Å². The van der Waals surface area contributed by atoms with Gasteiger partial charge < -0.3 is 20.5 Å². The van der Waals surface area contributed by atoms with Gasteiger partial charge in [0.05, 0.1) is 33.2 Å². The monoisotopic (exact) mass is 746 g/mol. The highest BCUT2D eigenvalue weighted by Gasteiger charge is 2.61. The number of hydrogen-bond acceptors (Lipinski definition) is 7. The van der Waals surface area contributed by atoms with E-state index in [1.54, 1.807) is 24.4 Å². The molecular weight excluding hydrogens is 723 g/mol. The Labute approximate surface area is 295 Å². The van der Waals surface area contributed by atoms with Gasteiger partial charge in [-0.25, -0.2) is 14.3 Å². The molecule has 18 heteroatoms. The van der Waals surface area contributed by atoms with E-state index in [0.29, 0.717) is 24.1 Å². The molecule has 3 heterocycles. The predicted octanol–water partition coefficient (Wildman–Crippen LogP) is 5.37. The Kier molecular flexibility index (Phi) is 8.21. The average Bonchev–Trinajstić information content (AvgIpc) is 3.64. The van der Waals surface area contributed by atoms with Gasteiger partial charge in [-0.05, 0) is 66.8 Å². The van der Waals surface area contributed by atoms with Gasteiger partial charge >= 0.3 is 12.3 Å². The van der Waals surface area contributed by atoms with Gasteiger partial charge in [0.1, 0.15) is 17.5 Å². The number of anilines is 2. The number of alkyl halides is 3. The number of ether oxygens (including phenoxy) is 1. The normalized spacial score (nSPS) is 18.8. The standard InChI is InChI=1S/C33H24Cl2F4N6O6/c34-20-11-17(12-21(35)26(20)36)44-29(50)32(14-16-4-5-18(13-19(16)32)51-33(37,38)39)45-23(15-41-30(44)45)28(49)42-22(6-7-25(46)47)27(48)43-31(8-9-31)24-3-1-2-10-40-24/h1-5,10-13,15,22H,6-9,14H2,(H,42,49)(H,43,48)(H,46,47)/t22-,32-/m0/s1. The van der Waals surface area contributed by atoms with Crippen LogP contribution in [0.3, 0.4) is 0 Å². The van der Waals surface area contributed by atoms with Crippen molar-refractivity contribution in [2.45, 2.75) is 55.6 Å². The molecule has 1 fully saturated rings. The number of fused-ring (bicyclic) bond motifs is 4. The number of nitrogens with one attached hydrogen (secondary N) is 2. The molecule has 0 radical (unpaired) electrons. The first-order chi connectivity index (χ1) is 24.1.